The third-order valence-electron chi connectivity index (χ3n) is 3.16. The molecule has 0 saturated heterocycles. The van der Waals surface area contributed by atoms with Crippen LogP contribution < -0.4 is 5.73 Å². The molecule has 0 saturated carbocycles. The minimum Gasteiger partial charge on any atom is -0.326 e. The van der Waals surface area contributed by atoms with Gasteiger partial charge in [0, 0.05) is 12.1 Å². The summed E-state index contributed by atoms with van der Waals surface area (Å²) in [6.45, 7) is 4.53. The lowest BCUT2D eigenvalue weighted by Gasteiger charge is -2.09. The van der Waals surface area contributed by atoms with Crippen LogP contribution in [0.5, 0.6) is 0 Å². The molecule has 2 N–H and O–H groups in total. The van der Waals surface area contributed by atoms with Crippen molar-refractivity contribution in [2.24, 2.45) is 5.73 Å². The van der Waals surface area contributed by atoms with Gasteiger partial charge in [0.15, 0.2) is 0 Å². The molecule has 0 aliphatic rings. The van der Waals surface area contributed by atoms with Crippen molar-refractivity contribution < 1.29 is 4.39 Å². The monoisotopic (exact) mass is 243 g/mol. The summed E-state index contributed by atoms with van der Waals surface area (Å²) in [7, 11) is 0. The summed E-state index contributed by atoms with van der Waals surface area (Å²) in [4.78, 5) is 0. The molecule has 0 amide bonds. The molecular formula is C16H18FN. The van der Waals surface area contributed by atoms with Crippen LogP contribution in [0.25, 0.3) is 11.1 Å². The highest BCUT2D eigenvalue weighted by atomic mass is 19.1. The largest absolute Gasteiger partial charge is 0.326 e. The zero-order valence-corrected chi connectivity index (χ0v) is 10.8. The number of rotatable bonds is 3. The lowest BCUT2D eigenvalue weighted by molar-refractivity contribution is 0.611. The number of benzene rings is 2. The Kier molecular flexibility index (Phi) is 3.78. The molecule has 0 radical (unpaired) electrons. The van der Waals surface area contributed by atoms with Crippen LogP contribution in [0, 0.1) is 5.82 Å². The van der Waals surface area contributed by atoms with Gasteiger partial charge in [-0.25, -0.2) is 4.39 Å². The molecule has 0 aliphatic carbocycles. The van der Waals surface area contributed by atoms with Crippen LogP contribution in [0.15, 0.2) is 42.5 Å². The summed E-state index contributed by atoms with van der Waals surface area (Å²) < 4.78 is 13.7. The first-order valence-corrected chi connectivity index (χ1v) is 6.20. The average Bonchev–Trinajstić information content (AvgIpc) is 2.38. The van der Waals surface area contributed by atoms with Gasteiger partial charge in [-0.2, -0.15) is 0 Å². The maximum absolute atomic E-state index is 13.7. The molecule has 0 atom stereocenters. The minimum atomic E-state index is -0.232. The fourth-order valence-electron chi connectivity index (χ4n) is 1.97. The maximum atomic E-state index is 13.7. The number of halogens is 1. The van der Waals surface area contributed by atoms with E-state index in [-0.39, 0.29) is 12.4 Å². The number of hydrogen-bond acceptors (Lipinski definition) is 1. The molecule has 1 nitrogen and oxygen atoms in total. The Bertz CT molecular complexity index is 547. The summed E-state index contributed by atoms with van der Waals surface area (Å²) in [6, 6.07) is 13.5. The van der Waals surface area contributed by atoms with Crippen molar-refractivity contribution in [1.82, 2.24) is 0 Å². The first kappa shape index (κ1) is 12.8. The Balaban J connectivity index is 2.42. The molecule has 0 spiro atoms. The van der Waals surface area contributed by atoms with Gasteiger partial charge in [0.25, 0.3) is 0 Å². The van der Waals surface area contributed by atoms with Crippen LogP contribution in [0.1, 0.15) is 30.9 Å². The fraction of sp³-hybridized carbons (Fsp3) is 0.250. The van der Waals surface area contributed by atoms with Gasteiger partial charge in [0.1, 0.15) is 5.82 Å². The van der Waals surface area contributed by atoms with E-state index in [1.807, 2.05) is 18.2 Å². The van der Waals surface area contributed by atoms with Gasteiger partial charge < -0.3 is 5.73 Å². The molecule has 0 aliphatic heterocycles. The van der Waals surface area contributed by atoms with Crippen LogP contribution in [0.2, 0.25) is 0 Å². The van der Waals surface area contributed by atoms with Gasteiger partial charge in [0.05, 0.1) is 0 Å². The van der Waals surface area contributed by atoms with E-state index in [0.717, 1.165) is 11.1 Å². The molecular weight excluding hydrogens is 225 g/mol. The zero-order chi connectivity index (χ0) is 13.1. The standard InChI is InChI=1S/C16H18FN/c1-11(2)12-4-3-5-13(8-12)14-6-7-15(10-18)16(17)9-14/h3-9,11H,10,18H2,1-2H3. The summed E-state index contributed by atoms with van der Waals surface area (Å²) in [6.07, 6.45) is 0. The van der Waals surface area contributed by atoms with Gasteiger partial charge in [-0.3, -0.25) is 0 Å². The predicted molar refractivity (Wildman–Crippen MR) is 73.8 cm³/mol. The summed E-state index contributed by atoms with van der Waals surface area (Å²) in [5, 5.41) is 0. The highest BCUT2D eigenvalue weighted by Gasteiger charge is 2.05. The van der Waals surface area contributed by atoms with E-state index in [4.69, 9.17) is 5.73 Å². The Labute approximate surface area is 107 Å². The van der Waals surface area contributed by atoms with Gasteiger partial charge in [-0.15, -0.1) is 0 Å². The van der Waals surface area contributed by atoms with E-state index < -0.39 is 0 Å². The van der Waals surface area contributed by atoms with E-state index in [9.17, 15) is 4.39 Å². The highest BCUT2D eigenvalue weighted by molar-refractivity contribution is 5.64. The molecule has 2 aromatic carbocycles. The van der Waals surface area contributed by atoms with Gasteiger partial charge in [-0.1, -0.05) is 50.2 Å². The third-order valence-corrected chi connectivity index (χ3v) is 3.16. The Hall–Kier alpha value is -1.67. The molecule has 2 heteroatoms. The second-order valence-corrected chi connectivity index (χ2v) is 4.79. The molecule has 0 bridgehead atoms. The predicted octanol–water partition coefficient (Wildman–Crippen LogP) is 4.07. The number of hydrogen-bond donors (Lipinski definition) is 1. The third kappa shape index (κ3) is 2.59. The SMILES string of the molecule is CC(C)c1cccc(-c2ccc(CN)c(F)c2)c1. The topological polar surface area (TPSA) is 26.0 Å². The van der Waals surface area contributed by atoms with E-state index in [0.29, 0.717) is 11.5 Å². The normalized spacial score (nSPS) is 10.9. The lowest BCUT2D eigenvalue weighted by Crippen LogP contribution is -1.99. The molecule has 0 aromatic heterocycles. The summed E-state index contributed by atoms with van der Waals surface area (Å²) in [5.41, 5.74) is 9.22. The second kappa shape index (κ2) is 5.32. The van der Waals surface area contributed by atoms with Crippen LogP contribution in [0.3, 0.4) is 0 Å². The molecule has 0 unspecified atom stereocenters. The Morgan fingerprint density at radius 3 is 2.39 bits per heavy atom. The van der Waals surface area contributed by atoms with Gasteiger partial charge in [0.2, 0.25) is 0 Å². The van der Waals surface area contributed by atoms with E-state index >= 15 is 0 Å². The highest BCUT2D eigenvalue weighted by Crippen LogP contribution is 2.25. The molecule has 0 heterocycles. The van der Waals surface area contributed by atoms with Crippen LogP contribution >= 0.6 is 0 Å². The summed E-state index contributed by atoms with van der Waals surface area (Å²) >= 11 is 0. The first-order chi connectivity index (χ1) is 8.61. The number of nitrogens with two attached hydrogens (primary N) is 1. The van der Waals surface area contributed by atoms with Crippen LogP contribution in [0.4, 0.5) is 4.39 Å². The molecule has 2 rings (SSSR count). The van der Waals surface area contributed by atoms with Gasteiger partial charge in [-0.05, 0) is 28.7 Å². The van der Waals surface area contributed by atoms with Crippen molar-refractivity contribution in [1.29, 1.82) is 0 Å². The average molecular weight is 243 g/mol. The molecule has 18 heavy (non-hydrogen) atoms. The molecule has 2 aromatic rings. The first-order valence-electron chi connectivity index (χ1n) is 6.20. The van der Waals surface area contributed by atoms with Crippen molar-refractivity contribution in [3.8, 4) is 11.1 Å². The van der Waals surface area contributed by atoms with Crippen LogP contribution in [-0.4, -0.2) is 0 Å². The van der Waals surface area contributed by atoms with Crippen molar-refractivity contribution in [3.05, 3.63) is 59.4 Å². The van der Waals surface area contributed by atoms with Crippen molar-refractivity contribution in [2.45, 2.75) is 26.3 Å². The van der Waals surface area contributed by atoms with Crippen molar-refractivity contribution >= 4 is 0 Å². The zero-order valence-electron chi connectivity index (χ0n) is 10.8. The minimum absolute atomic E-state index is 0.232. The van der Waals surface area contributed by atoms with E-state index in [2.05, 4.69) is 26.0 Å². The molecule has 94 valence electrons. The van der Waals surface area contributed by atoms with Gasteiger partial charge >= 0.3 is 0 Å². The smallest absolute Gasteiger partial charge is 0.128 e. The van der Waals surface area contributed by atoms with Crippen molar-refractivity contribution in [2.75, 3.05) is 0 Å². The maximum Gasteiger partial charge on any atom is 0.128 e. The lowest BCUT2D eigenvalue weighted by atomic mass is 9.97. The van der Waals surface area contributed by atoms with Crippen LogP contribution in [-0.2, 0) is 6.54 Å². The van der Waals surface area contributed by atoms with E-state index in [1.165, 1.54) is 5.56 Å². The summed E-state index contributed by atoms with van der Waals surface area (Å²) in [5.74, 6) is 0.239. The van der Waals surface area contributed by atoms with Crippen molar-refractivity contribution in [3.63, 3.8) is 0 Å². The molecule has 0 fully saturated rings. The Morgan fingerprint density at radius 2 is 1.78 bits per heavy atom. The second-order valence-electron chi connectivity index (χ2n) is 4.79. The quantitative estimate of drug-likeness (QED) is 0.863. The fourth-order valence-corrected chi connectivity index (χ4v) is 1.97. The Morgan fingerprint density at radius 1 is 1.06 bits per heavy atom. The van der Waals surface area contributed by atoms with E-state index in [1.54, 1.807) is 12.1 Å².